The summed E-state index contributed by atoms with van der Waals surface area (Å²) in [6, 6.07) is 12.3. The van der Waals surface area contributed by atoms with Gasteiger partial charge in [0.25, 0.3) is 0 Å². The predicted octanol–water partition coefficient (Wildman–Crippen LogP) is 5.95. The fourth-order valence-corrected chi connectivity index (χ4v) is 3.91. The first-order chi connectivity index (χ1) is 11.5. The monoisotopic (exact) mass is 396 g/mol. The summed E-state index contributed by atoms with van der Waals surface area (Å²) in [4.78, 5) is 16.6. The summed E-state index contributed by atoms with van der Waals surface area (Å²) in [5, 5.41) is 6.94. The van der Waals surface area contributed by atoms with Crippen LogP contribution in [0.3, 0.4) is 0 Å². The molecule has 0 bridgehead atoms. The number of carbonyl (C=O) groups is 1. The number of benzene rings is 2. The van der Waals surface area contributed by atoms with Crippen LogP contribution in [-0.4, -0.2) is 10.9 Å². The van der Waals surface area contributed by atoms with Crippen LogP contribution in [0, 0.1) is 0 Å². The third kappa shape index (κ3) is 4.08. The number of amides is 1. The molecular formula is C17H11Cl3N2OS. The van der Waals surface area contributed by atoms with Crippen molar-refractivity contribution < 1.29 is 4.79 Å². The van der Waals surface area contributed by atoms with E-state index in [1.165, 1.54) is 11.3 Å². The molecule has 2 aromatic carbocycles. The highest BCUT2D eigenvalue weighted by molar-refractivity contribution is 7.13. The molecule has 7 heteroatoms. The topological polar surface area (TPSA) is 42.0 Å². The molecule has 0 aliphatic rings. The minimum Gasteiger partial charge on any atom is -0.326 e. The van der Waals surface area contributed by atoms with E-state index in [0.29, 0.717) is 37.0 Å². The normalized spacial score (nSPS) is 10.6. The van der Waals surface area contributed by atoms with Crippen LogP contribution in [0.5, 0.6) is 0 Å². The van der Waals surface area contributed by atoms with Gasteiger partial charge in [0.2, 0.25) is 5.91 Å². The summed E-state index contributed by atoms with van der Waals surface area (Å²) in [6.45, 7) is 0. The van der Waals surface area contributed by atoms with Crippen LogP contribution in [-0.2, 0) is 11.2 Å². The van der Waals surface area contributed by atoms with Crippen molar-refractivity contribution in [2.24, 2.45) is 0 Å². The molecule has 3 aromatic rings. The van der Waals surface area contributed by atoms with Crippen molar-refractivity contribution >= 4 is 57.7 Å². The van der Waals surface area contributed by atoms with Crippen molar-refractivity contribution in [2.75, 3.05) is 5.32 Å². The zero-order valence-electron chi connectivity index (χ0n) is 12.2. The van der Waals surface area contributed by atoms with Crippen molar-refractivity contribution in [2.45, 2.75) is 6.42 Å². The Morgan fingerprint density at radius 3 is 2.50 bits per heavy atom. The number of halogens is 3. The number of nitrogens with one attached hydrogen (secondary N) is 1. The minimum atomic E-state index is -0.167. The lowest BCUT2D eigenvalue weighted by atomic mass is 10.2. The first-order valence-corrected chi connectivity index (χ1v) is 8.98. The van der Waals surface area contributed by atoms with Gasteiger partial charge in [-0.05, 0) is 30.3 Å². The largest absolute Gasteiger partial charge is 0.326 e. The Balaban J connectivity index is 1.73. The molecule has 0 saturated heterocycles. The lowest BCUT2D eigenvalue weighted by molar-refractivity contribution is -0.115. The number of hydrogen-bond donors (Lipinski definition) is 1. The van der Waals surface area contributed by atoms with Gasteiger partial charge in [-0.3, -0.25) is 4.79 Å². The standard InChI is InChI=1S/C17H11Cl3N2OS/c18-10-3-1-4-11(7-10)21-15(23)8-12-9-24-17(22-12)16-13(19)5-2-6-14(16)20/h1-7,9H,8H2,(H,21,23). The number of nitrogens with zero attached hydrogens (tertiary/aromatic N) is 1. The van der Waals surface area contributed by atoms with Gasteiger partial charge < -0.3 is 5.32 Å². The van der Waals surface area contributed by atoms with Gasteiger partial charge in [0.15, 0.2) is 0 Å². The van der Waals surface area contributed by atoms with E-state index in [-0.39, 0.29) is 12.3 Å². The third-order valence-electron chi connectivity index (χ3n) is 3.18. The van der Waals surface area contributed by atoms with Crippen molar-refractivity contribution in [1.82, 2.24) is 4.98 Å². The second-order valence-electron chi connectivity index (χ2n) is 4.98. The van der Waals surface area contributed by atoms with Gasteiger partial charge in [0.05, 0.1) is 22.2 Å². The zero-order chi connectivity index (χ0) is 17.1. The first-order valence-electron chi connectivity index (χ1n) is 6.97. The highest BCUT2D eigenvalue weighted by Crippen LogP contribution is 2.36. The smallest absolute Gasteiger partial charge is 0.230 e. The van der Waals surface area contributed by atoms with E-state index in [9.17, 15) is 4.79 Å². The second-order valence-corrected chi connectivity index (χ2v) is 7.08. The minimum absolute atomic E-state index is 0.158. The molecule has 0 saturated carbocycles. The lowest BCUT2D eigenvalue weighted by Gasteiger charge is -2.04. The molecule has 122 valence electrons. The second kappa shape index (κ2) is 7.53. The highest BCUT2D eigenvalue weighted by atomic mass is 35.5. The SMILES string of the molecule is O=C(Cc1csc(-c2c(Cl)cccc2Cl)n1)Nc1cccc(Cl)c1. The Morgan fingerprint density at radius 2 is 1.79 bits per heavy atom. The Labute approximate surface area is 158 Å². The Morgan fingerprint density at radius 1 is 1.08 bits per heavy atom. The van der Waals surface area contributed by atoms with E-state index in [2.05, 4.69) is 10.3 Å². The Bertz CT molecular complexity index is 875. The van der Waals surface area contributed by atoms with Crippen LogP contribution >= 0.6 is 46.1 Å². The number of rotatable bonds is 4. The van der Waals surface area contributed by atoms with Gasteiger partial charge in [-0.1, -0.05) is 46.9 Å². The van der Waals surface area contributed by atoms with E-state index in [1.807, 2.05) is 5.38 Å². The lowest BCUT2D eigenvalue weighted by Crippen LogP contribution is -2.14. The summed E-state index contributed by atoms with van der Waals surface area (Å²) in [5.41, 5.74) is 2.00. The highest BCUT2D eigenvalue weighted by Gasteiger charge is 2.14. The molecule has 3 rings (SSSR count). The summed E-state index contributed by atoms with van der Waals surface area (Å²) in [7, 11) is 0. The van der Waals surface area contributed by atoms with E-state index >= 15 is 0 Å². The van der Waals surface area contributed by atoms with Crippen LogP contribution in [0.25, 0.3) is 10.6 Å². The fraction of sp³-hybridized carbons (Fsp3) is 0.0588. The number of anilines is 1. The molecule has 0 radical (unpaired) electrons. The maximum Gasteiger partial charge on any atom is 0.230 e. The summed E-state index contributed by atoms with van der Waals surface area (Å²) < 4.78 is 0. The summed E-state index contributed by atoms with van der Waals surface area (Å²) in [5.74, 6) is -0.167. The molecule has 0 atom stereocenters. The quantitative estimate of drug-likeness (QED) is 0.591. The van der Waals surface area contributed by atoms with Gasteiger partial charge in [-0.15, -0.1) is 11.3 Å². The molecule has 1 amide bonds. The van der Waals surface area contributed by atoms with Crippen LogP contribution < -0.4 is 5.32 Å². The van der Waals surface area contributed by atoms with Crippen molar-refractivity contribution in [3.05, 3.63) is 68.6 Å². The Kier molecular flexibility index (Phi) is 5.41. The predicted molar refractivity (Wildman–Crippen MR) is 101 cm³/mol. The van der Waals surface area contributed by atoms with Crippen LogP contribution in [0.15, 0.2) is 47.8 Å². The summed E-state index contributed by atoms with van der Waals surface area (Å²) >= 11 is 19.7. The molecule has 1 heterocycles. The Hall–Kier alpha value is -1.59. The van der Waals surface area contributed by atoms with Gasteiger partial charge in [-0.25, -0.2) is 4.98 Å². The third-order valence-corrected chi connectivity index (χ3v) is 4.95. The van der Waals surface area contributed by atoms with E-state index < -0.39 is 0 Å². The number of aromatic nitrogens is 1. The van der Waals surface area contributed by atoms with Crippen LogP contribution in [0.2, 0.25) is 15.1 Å². The molecule has 3 nitrogen and oxygen atoms in total. The maximum absolute atomic E-state index is 12.1. The molecular weight excluding hydrogens is 387 g/mol. The number of carbonyl (C=O) groups excluding carboxylic acids is 1. The van der Waals surface area contributed by atoms with E-state index in [0.717, 1.165) is 0 Å². The number of hydrogen-bond acceptors (Lipinski definition) is 3. The van der Waals surface area contributed by atoms with Crippen molar-refractivity contribution in [3.8, 4) is 10.6 Å². The first kappa shape index (κ1) is 17.2. The van der Waals surface area contributed by atoms with Crippen molar-refractivity contribution in [1.29, 1.82) is 0 Å². The average Bonchev–Trinajstić information content (AvgIpc) is 2.95. The van der Waals surface area contributed by atoms with Gasteiger partial charge in [0, 0.05) is 21.7 Å². The van der Waals surface area contributed by atoms with Gasteiger partial charge in [0.1, 0.15) is 5.01 Å². The number of thiazole rings is 1. The molecule has 24 heavy (non-hydrogen) atoms. The molecule has 0 aliphatic heterocycles. The van der Waals surface area contributed by atoms with Crippen LogP contribution in [0.4, 0.5) is 5.69 Å². The molecule has 1 aromatic heterocycles. The molecule has 0 unspecified atom stereocenters. The molecule has 0 spiro atoms. The maximum atomic E-state index is 12.1. The molecule has 0 fully saturated rings. The van der Waals surface area contributed by atoms with Gasteiger partial charge in [-0.2, -0.15) is 0 Å². The molecule has 0 aliphatic carbocycles. The molecule has 1 N–H and O–H groups in total. The van der Waals surface area contributed by atoms with Crippen LogP contribution in [0.1, 0.15) is 5.69 Å². The average molecular weight is 398 g/mol. The summed E-state index contributed by atoms with van der Waals surface area (Å²) in [6.07, 6.45) is 0.158. The fourth-order valence-electron chi connectivity index (χ4n) is 2.14. The zero-order valence-corrected chi connectivity index (χ0v) is 15.3. The van der Waals surface area contributed by atoms with E-state index in [1.54, 1.807) is 42.5 Å². The van der Waals surface area contributed by atoms with Crippen molar-refractivity contribution in [3.63, 3.8) is 0 Å². The van der Waals surface area contributed by atoms with E-state index in [4.69, 9.17) is 34.8 Å². The van der Waals surface area contributed by atoms with Gasteiger partial charge >= 0.3 is 0 Å².